The molecule has 8 nitrogen and oxygen atoms in total. The summed E-state index contributed by atoms with van der Waals surface area (Å²) in [6, 6.07) is 12.1. The Morgan fingerprint density at radius 1 is 1.11 bits per heavy atom. The molecule has 3 aromatic rings. The van der Waals surface area contributed by atoms with Crippen LogP contribution < -0.4 is 25.4 Å². The molecule has 3 aliphatic rings. The number of ether oxygens (including phenoxy) is 2. The Bertz CT molecular complexity index is 1620. The molecule has 250 valence electrons. The first kappa shape index (κ1) is 33.3. The fourth-order valence-electron chi connectivity index (χ4n) is 6.60. The summed E-state index contributed by atoms with van der Waals surface area (Å²) in [6.07, 6.45) is 8.44. The van der Waals surface area contributed by atoms with Crippen LogP contribution in [0.4, 0.5) is 8.78 Å². The number of hydrogen-bond donors (Lipinski definition) is 4. The predicted molar refractivity (Wildman–Crippen MR) is 176 cm³/mol. The zero-order valence-corrected chi connectivity index (χ0v) is 27.2. The first-order valence-electron chi connectivity index (χ1n) is 16.3. The minimum Gasteiger partial charge on any atom is -0.489 e. The summed E-state index contributed by atoms with van der Waals surface area (Å²) in [4.78, 5) is 18.2. The maximum atomic E-state index is 14.0. The van der Waals surface area contributed by atoms with E-state index in [-0.39, 0.29) is 47.5 Å². The maximum absolute atomic E-state index is 14.0. The van der Waals surface area contributed by atoms with Crippen molar-refractivity contribution in [3.8, 4) is 11.6 Å². The van der Waals surface area contributed by atoms with Crippen LogP contribution in [0.15, 0.2) is 60.3 Å². The van der Waals surface area contributed by atoms with Gasteiger partial charge in [0.05, 0.1) is 30.8 Å². The Balaban J connectivity index is 1.08. The Hall–Kier alpha value is -3.57. The van der Waals surface area contributed by atoms with Crippen LogP contribution in [-0.2, 0) is 16.8 Å². The average Bonchev–Trinajstić information content (AvgIpc) is 3.92. The number of carbonyl (C=O) groups is 1. The minimum absolute atomic E-state index is 0.0575. The average molecular weight is 667 g/mol. The largest absolute Gasteiger partial charge is 0.489 e. The lowest BCUT2D eigenvalue weighted by Crippen LogP contribution is -2.65. The van der Waals surface area contributed by atoms with E-state index in [1.807, 2.05) is 13.0 Å². The highest BCUT2D eigenvalue weighted by molar-refractivity contribution is 6.32. The van der Waals surface area contributed by atoms with Gasteiger partial charge in [0.15, 0.2) is 11.6 Å². The van der Waals surface area contributed by atoms with E-state index in [0.29, 0.717) is 50.6 Å². The van der Waals surface area contributed by atoms with Crippen LogP contribution in [0.3, 0.4) is 0 Å². The minimum atomic E-state index is -0.713. The van der Waals surface area contributed by atoms with E-state index < -0.39 is 11.6 Å². The molecule has 2 aromatic carbocycles. The smallest absolute Gasteiger partial charge is 0.249 e. The van der Waals surface area contributed by atoms with E-state index in [1.54, 1.807) is 6.20 Å². The number of amides is 1. The summed E-state index contributed by atoms with van der Waals surface area (Å²) in [5.74, 6) is -0.803. The molecule has 6 rings (SSSR count). The topological polar surface area (TPSA) is 105 Å². The first-order chi connectivity index (χ1) is 22.8. The molecule has 2 bridgehead atoms. The van der Waals surface area contributed by atoms with E-state index in [4.69, 9.17) is 26.2 Å². The van der Waals surface area contributed by atoms with Gasteiger partial charge in [0, 0.05) is 43.5 Å². The molecule has 3 atom stereocenters. The zero-order valence-electron chi connectivity index (χ0n) is 26.5. The van der Waals surface area contributed by atoms with Crippen LogP contribution in [0.2, 0.25) is 5.02 Å². The molecule has 0 radical (unpaired) electrons. The van der Waals surface area contributed by atoms with Gasteiger partial charge in [-0.05, 0) is 79.8 Å². The molecule has 47 heavy (non-hydrogen) atoms. The van der Waals surface area contributed by atoms with Crippen LogP contribution in [0.5, 0.6) is 11.6 Å². The molecule has 1 saturated heterocycles. The van der Waals surface area contributed by atoms with Crippen molar-refractivity contribution in [2.24, 2.45) is 5.92 Å². The lowest BCUT2D eigenvalue weighted by molar-refractivity contribution is -0.119. The second-order valence-electron chi connectivity index (χ2n) is 12.6. The molecule has 1 saturated carbocycles. The lowest BCUT2D eigenvalue weighted by atomic mass is 9.78. The van der Waals surface area contributed by atoms with Gasteiger partial charge in [0.2, 0.25) is 11.8 Å². The third-order valence-electron chi connectivity index (χ3n) is 9.35. The summed E-state index contributed by atoms with van der Waals surface area (Å²) in [7, 11) is 0. The quantitative estimate of drug-likeness (QED) is 0.134. The van der Waals surface area contributed by atoms with Gasteiger partial charge >= 0.3 is 0 Å². The number of aliphatic hydroxyl groups is 1. The molecule has 3 heterocycles. The second kappa shape index (κ2) is 14.7. The van der Waals surface area contributed by atoms with Crippen molar-refractivity contribution in [2.45, 2.75) is 63.1 Å². The molecule has 4 N–H and O–H groups in total. The summed E-state index contributed by atoms with van der Waals surface area (Å²) < 4.78 is 38.9. The normalized spacial score (nSPS) is 21.1. The van der Waals surface area contributed by atoms with Gasteiger partial charge in [-0.2, -0.15) is 0 Å². The van der Waals surface area contributed by atoms with Gasteiger partial charge in [-0.15, -0.1) is 0 Å². The first-order valence-corrected chi connectivity index (χ1v) is 16.7. The van der Waals surface area contributed by atoms with E-state index in [9.17, 15) is 13.6 Å². The standard InChI is InChI=1S/C36H41ClF2N4O4/c1-22-26(14-16-41-35(22)47-19-3-17-44)32(24-7-8-24)42-34(45)27-13-15-36(21-40-20-30(27)43-36)25-9-5-23(6-10-25)4-2-18-46-33-29(39)12-11-28(38)31(33)37/h5-6,9-14,16,24,30,32,40,43-44H,2-4,7-8,15,17-21H2,1H3,(H,42,45)/t30-,32?,36?/m1/s1. The Morgan fingerprint density at radius 3 is 2.64 bits per heavy atom. The van der Waals surface area contributed by atoms with Crippen molar-refractivity contribution in [1.29, 1.82) is 0 Å². The van der Waals surface area contributed by atoms with E-state index >= 15 is 0 Å². The number of benzene rings is 2. The Labute approximate surface area is 278 Å². The molecule has 1 aliphatic carbocycles. The Morgan fingerprint density at radius 2 is 1.87 bits per heavy atom. The number of halogens is 3. The van der Waals surface area contributed by atoms with Gasteiger partial charge < -0.3 is 25.2 Å². The highest BCUT2D eigenvalue weighted by Crippen LogP contribution is 2.43. The number of aliphatic hydroxyl groups excluding tert-OH is 1. The third-order valence-corrected chi connectivity index (χ3v) is 9.71. The van der Waals surface area contributed by atoms with Crippen LogP contribution >= 0.6 is 11.6 Å². The van der Waals surface area contributed by atoms with Crippen molar-refractivity contribution in [3.05, 3.63) is 99.2 Å². The van der Waals surface area contributed by atoms with Crippen LogP contribution in [-0.4, -0.2) is 54.9 Å². The number of hydrogen-bond acceptors (Lipinski definition) is 7. The summed E-state index contributed by atoms with van der Waals surface area (Å²) >= 11 is 5.86. The number of nitrogens with zero attached hydrogens (tertiary/aromatic N) is 1. The third kappa shape index (κ3) is 7.46. The summed E-state index contributed by atoms with van der Waals surface area (Å²) in [5, 5.41) is 19.5. The monoisotopic (exact) mass is 666 g/mol. The zero-order chi connectivity index (χ0) is 33.0. The number of aryl methyl sites for hydroxylation is 1. The number of pyridine rings is 1. The number of carbonyl (C=O) groups excluding carboxylic acids is 1. The molecule has 0 spiro atoms. The molecule has 2 unspecified atom stereocenters. The Kier molecular flexibility index (Phi) is 10.4. The SMILES string of the molecule is Cc1c(C(NC(=O)C2=CCC3(c4ccc(CCCOc5c(F)ccc(F)c5Cl)cc4)CNC[C@H]2N3)C2CC2)ccnc1OCCCO. The molecule has 1 aromatic heterocycles. The molecule has 11 heteroatoms. The molecule has 2 fully saturated rings. The fraction of sp³-hybridized carbons (Fsp3) is 0.444. The van der Waals surface area contributed by atoms with Gasteiger partial charge in [-0.25, -0.2) is 13.8 Å². The van der Waals surface area contributed by atoms with Gasteiger partial charge in [-0.3, -0.25) is 10.1 Å². The van der Waals surface area contributed by atoms with Gasteiger partial charge in [0.25, 0.3) is 0 Å². The number of nitrogens with one attached hydrogen (secondary N) is 3. The maximum Gasteiger partial charge on any atom is 0.249 e. The van der Waals surface area contributed by atoms with E-state index in [1.165, 1.54) is 0 Å². The number of piperazine rings is 1. The van der Waals surface area contributed by atoms with Crippen LogP contribution in [0.1, 0.15) is 60.4 Å². The van der Waals surface area contributed by atoms with Crippen molar-refractivity contribution in [1.82, 2.24) is 20.9 Å². The number of aromatic nitrogens is 1. The van der Waals surface area contributed by atoms with Gasteiger partial charge in [0.1, 0.15) is 10.8 Å². The van der Waals surface area contributed by atoms with Crippen molar-refractivity contribution < 1.29 is 28.2 Å². The molecular formula is C36H41ClF2N4O4. The van der Waals surface area contributed by atoms with Crippen LogP contribution in [0, 0.1) is 24.5 Å². The summed E-state index contributed by atoms with van der Waals surface area (Å²) in [6.45, 7) is 4.01. The number of rotatable bonds is 14. The van der Waals surface area contributed by atoms with Crippen molar-refractivity contribution in [3.63, 3.8) is 0 Å². The molecular weight excluding hydrogens is 626 g/mol. The molecule has 1 amide bonds. The predicted octanol–water partition coefficient (Wildman–Crippen LogP) is 5.45. The highest BCUT2D eigenvalue weighted by atomic mass is 35.5. The highest BCUT2D eigenvalue weighted by Gasteiger charge is 2.43. The van der Waals surface area contributed by atoms with Crippen molar-refractivity contribution in [2.75, 3.05) is 32.9 Å². The lowest BCUT2D eigenvalue weighted by Gasteiger charge is -2.46. The number of fused-ring (bicyclic) bond motifs is 2. The van der Waals surface area contributed by atoms with E-state index in [0.717, 1.165) is 59.3 Å². The van der Waals surface area contributed by atoms with E-state index in [2.05, 4.69) is 51.3 Å². The fourth-order valence-corrected chi connectivity index (χ4v) is 6.80. The molecule has 2 aliphatic heterocycles. The van der Waals surface area contributed by atoms with Gasteiger partial charge in [-0.1, -0.05) is 41.9 Å². The summed E-state index contributed by atoms with van der Waals surface area (Å²) in [5.41, 5.74) is 4.58. The van der Waals surface area contributed by atoms with Crippen molar-refractivity contribution >= 4 is 17.5 Å². The second-order valence-corrected chi connectivity index (χ2v) is 13.0. The van der Waals surface area contributed by atoms with Crippen LogP contribution in [0.25, 0.3) is 0 Å².